The summed E-state index contributed by atoms with van der Waals surface area (Å²) in [6.45, 7) is 5.21. The number of nitrogens with one attached hydrogen (secondary N) is 1. The first-order chi connectivity index (χ1) is 9.22. The van der Waals surface area contributed by atoms with Crippen molar-refractivity contribution in [1.82, 2.24) is 0 Å². The average molecular weight is 263 g/mol. The van der Waals surface area contributed by atoms with E-state index in [4.69, 9.17) is 9.47 Å². The molecule has 0 radical (unpaired) electrons. The van der Waals surface area contributed by atoms with Crippen molar-refractivity contribution >= 4 is 5.69 Å². The van der Waals surface area contributed by atoms with Gasteiger partial charge in [0.15, 0.2) is 0 Å². The molecule has 0 saturated carbocycles. The van der Waals surface area contributed by atoms with Gasteiger partial charge in [0.25, 0.3) is 0 Å². The molecule has 19 heavy (non-hydrogen) atoms. The first-order valence-electron chi connectivity index (χ1n) is 7.25. The lowest BCUT2D eigenvalue weighted by Gasteiger charge is -2.31. The van der Waals surface area contributed by atoms with E-state index in [0.29, 0.717) is 12.1 Å². The van der Waals surface area contributed by atoms with Crippen molar-refractivity contribution < 1.29 is 9.47 Å². The highest BCUT2D eigenvalue weighted by Gasteiger charge is 2.22. The van der Waals surface area contributed by atoms with E-state index in [0.717, 1.165) is 25.2 Å². The molecule has 2 unspecified atom stereocenters. The Morgan fingerprint density at radius 1 is 1.42 bits per heavy atom. The Morgan fingerprint density at radius 3 is 2.95 bits per heavy atom. The number of anilines is 1. The van der Waals surface area contributed by atoms with Crippen LogP contribution in [0.15, 0.2) is 18.2 Å². The zero-order chi connectivity index (χ0) is 13.7. The molecule has 3 nitrogen and oxygen atoms in total. The largest absolute Gasteiger partial charge is 0.497 e. The van der Waals surface area contributed by atoms with Crippen LogP contribution in [0, 0.1) is 6.92 Å². The Bertz CT molecular complexity index is 404. The molecule has 1 aliphatic rings. The summed E-state index contributed by atoms with van der Waals surface area (Å²) in [6, 6.07) is 6.72. The van der Waals surface area contributed by atoms with Crippen LogP contribution in [0.2, 0.25) is 0 Å². The van der Waals surface area contributed by atoms with Crippen LogP contribution in [0.4, 0.5) is 5.69 Å². The molecule has 0 spiro atoms. The van der Waals surface area contributed by atoms with Crippen LogP contribution in [0.3, 0.4) is 0 Å². The summed E-state index contributed by atoms with van der Waals surface area (Å²) in [7, 11) is 1.70. The van der Waals surface area contributed by atoms with Gasteiger partial charge in [0, 0.05) is 18.3 Å². The van der Waals surface area contributed by atoms with Gasteiger partial charge in [-0.2, -0.15) is 0 Å². The van der Waals surface area contributed by atoms with E-state index in [2.05, 4.69) is 31.3 Å². The van der Waals surface area contributed by atoms with Crippen molar-refractivity contribution in [2.45, 2.75) is 51.7 Å². The monoisotopic (exact) mass is 263 g/mol. The van der Waals surface area contributed by atoms with Gasteiger partial charge in [-0.15, -0.1) is 0 Å². The van der Waals surface area contributed by atoms with Crippen LogP contribution >= 0.6 is 0 Å². The maximum atomic E-state index is 5.79. The highest BCUT2D eigenvalue weighted by molar-refractivity contribution is 5.54. The first-order valence-corrected chi connectivity index (χ1v) is 7.25. The number of hydrogen-bond acceptors (Lipinski definition) is 3. The molecule has 1 fully saturated rings. The van der Waals surface area contributed by atoms with Crippen LogP contribution < -0.4 is 10.1 Å². The molecular formula is C16H25NO2. The SMILES string of the molecule is CCCC1CC(Nc2ccc(OC)cc2C)CCO1. The molecule has 2 rings (SSSR count). The van der Waals surface area contributed by atoms with Crippen LogP contribution in [-0.4, -0.2) is 25.9 Å². The van der Waals surface area contributed by atoms with E-state index in [1.54, 1.807) is 7.11 Å². The van der Waals surface area contributed by atoms with E-state index >= 15 is 0 Å². The molecule has 1 aliphatic heterocycles. The van der Waals surface area contributed by atoms with Crippen molar-refractivity contribution in [3.05, 3.63) is 23.8 Å². The predicted molar refractivity (Wildman–Crippen MR) is 79.0 cm³/mol. The second kappa shape index (κ2) is 6.80. The molecule has 3 heteroatoms. The predicted octanol–water partition coefficient (Wildman–Crippen LogP) is 3.76. The lowest BCUT2D eigenvalue weighted by atomic mass is 9.99. The standard InChI is InChI=1S/C16H25NO2/c1-4-5-15-11-13(8-9-19-15)17-16-7-6-14(18-3)10-12(16)2/h6-7,10,13,15,17H,4-5,8-9,11H2,1-3H3. The lowest BCUT2D eigenvalue weighted by Crippen LogP contribution is -2.34. The fourth-order valence-corrected chi connectivity index (χ4v) is 2.68. The molecule has 1 heterocycles. The summed E-state index contributed by atoms with van der Waals surface area (Å²) >= 11 is 0. The van der Waals surface area contributed by atoms with Crippen LogP contribution in [0.1, 0.15) is 38.2 Å². The van der Waals surface area contributed by atoms with Gasteiger partial charge in [-0.1, -0.05) is 13.3 Å². The fourth-order valence-electron chi connectivity index (χ4n) is 2.68. The molecule has 0 aromatic heterocycles. The molecular weight excluding hydrogens is 238 g/mol. The van der Waals surface area contributed by atoms with Gasteiger partial charge in [-0.05, 0) is 49.9 Å². The Hall–Kier alpha value is -1.22. The van der Waals surface area contributed by atoms with Crippen molar-refractivity contribution in [3.8, 4) is 5.75 Å². The average Bonchev–Trinajstić information content (AvgIpc) is 2.42. The second-order valence-electron chi connectivity index (χ2n) is 5.33. The lowest BCUT2D eigenvalue weighted by molar-refractivity contribution is 0.00597. The fraction of sp³-hybridized carbons (Fsp3) is 0.625. The van der Waals surface area contributed by atoms with Gasteiger partial charge in [-0.3, -0.25) is 0 Å². The highest BCUT2D eigenvalue weighted by atomic mass is 16.5. The Labute approximate surface area is 116 Å². The van der Waals surface area contributed by atoms with E-state index < -0.39 is 0 Å². The minimum Gasteiger partial charge on any atom is -0.497 e. The topological polar surface area (TPSA) is 30.5 Å². The summed E-state index contributed by atoms with van der Waals surface area (Å²) in [5.41, 5.74) is 2.45. The third kappa shape index (κ3) is 3.87. The van der Waals surface area contributed by atoms with E-state index in [1.807, 2.05) is 6.07 Å². The van der Waals surface area contributed by atoms with Gasteiger partial charge in [0.05, 0.1) is 13.2 Å². The minimum atomic E-state index is 0.426. The molecule has 106 valence electrons. The number of hydrogen-bond donors (Lipinski definition) is 1. The van der Waals surface area contributed by atoms with Gasteiger partial charge in [0.2, 0.25) is 0 Å². The van der Waals surface area contributed by atoms with Gasteiger partial charge < -0.3 is 14.8 Å². The maximum absolute atomic E-state index is 5.79. The molecule has 2 atom stereocenters. The van der Waals surface area contributed by atoms with Crippen molar-refractivity contribution in [1.29, 1.82) is 0 Å². The van der Waals surface area contributed by atoms with Crippen LogP contribution in [-0.2, 0) is 4.74 Å². The molecule has 1 N–H and O–H groups in total. The van der Waals surface area contributed by atoms with Crippen LogP contribution in [0.25, 0.3) is 0 Å². The Kier molecular flexibility index (Phi) is 5.08. The Balaban J connectivity index is 1.96. The summed E-state index contributed by atoms with van der Waals surface area (Å²) in [5.74, 6) is 0.916. The number of methoxy groups -OCH3 is 1. The normalized spacial score (nSPS) is 23.1. The quantitative estimate of drug-likeness (QED) is 0.877. The molecule has 1 aromatic rings. The Morgan fingerprint density at radius 2 is 2.26 bits per heavy atom. The van der Waals surface area contributed by atoms with E-state index in [9.17, 15) is 0 Å². The number of rotatable bonds is 5. The third-order valence-corrected chi connectivity index (χ3v) is 3.77. The van der Waals surface area contributed by atoms with E-state index in [-0.39, 0.29) is 0 Å². The van der Waals surface area contributed by atoms with Crippen molar-refractivity contribution in [2.24, 2.45) is 0 Å². The number of aryl methyl sites for hydroxylation is 1. The molecule has 0 bridgehead atoms. The summed E-state index contributed by atoms with van der Waals surface area (Å²) in [6.07, 6.45) is 4.98. The van der Waals surface area contributed by atoms with Crippen molar-refractivity contribution in [3.63, 3.8) is 0 Å². The highest BCUT2D eigenvalue weighted by Crippen LogP contribution is 2.25. The maximum Gasteiger partial charge on any atom is 0.119 e. The summed E-state index contributed by atoms with van der Waals surface area (Å²) in [4.78, 5) is 0. The van der Waals surface area contributed by atoms with Gasteiger partial charge in [-0.25, -0.2) is 0 Å². The minimum absolute atomic E-state index is 0.426. The molecule has 1 saturated heterocycles. The first kappa shape index (κ1) is 14.2. The summed E-state index contributed by atoms with van der Waals surface area (Å²) < 4.78 is 11.0. The zero-order valence-electron chi connectivity index (χ0n) is 12.2. The zero-order valence-corrected chi connectivity index (χ0v) is 12.2. The molecule has 0 aliphatic carbocycles. The smallest absolute Gasteiger partial charge is 0.119 e. The van der Waals surface area contributed by atoms with Crippen LogP contribution in [0.5, 0.6) is 5.75 Å². The van der Waals surface area contributed by atoms with E-state index in [1.165, 1.54) is 24.1 Å². The second-order valence-corrected chi connectivity index (χ2v) is 5.33. The third-order valence-electron chi connectivity index (χ3n) is 3.77. The molecule has 0 amide bonds. The number of ether oxygens (including phenoxy) is 2. The summed E-state index contributed by atoms with van der Waals surface area (Å²) in [5, 5.41) is 3.65. The number of benzene rings is 1. The molecule has 1 aromatic carbocycles. The van der Waals surface area contributed by atoms with Gasteiger partial charge >= 0.3 is 0 Å². The van der Waals surface area contributed by atoms with Crippen molar-refractivity contribution in [2.75, 3.05) is 19.0 Å². The van der Waals surface area contributed by atoms with Gasteiger partial charge in [0.1, 0.15) is 5.75 Å².